The number of carbonyl (C=O) groups excluding carboxylic acids is 1. The maximum atomic E-state index is 12.6. The van der Waals surface area contributed by atoms with Crippen molar-refractivity contribution in [2.45, 2.75) is 36.2 Å². The molecule has 1 amide bonds. The van der Waals surface area contributed by atoms with Crippen LogP contribution in [0.5, 0.6) is 0 Å². The molecule has 0 radical (unpaired) electrons. The van der Waals surface area contributed by atoms with Gasteiger partial charge in [-0.1, -0.05) is 6.07 Å². The minimum absolute atomic E-state index is 0.0208. The fourth-order valence-electron chi connectivity index (χ4n) is 2.82. The molecular weight excluding hydrogens is 466 g/mol. The molecule has 0 saturated heterocycles. The van der Waals surface area contributed by atoms with Crippen molar-refractivity contribution in [2.24, 2.45) is 0 Å². The van der Waals surface area contributed by atoms with E-state index >= 15 is 0 Å². The molecule has 1 heterocycles. The second-order valence-electron chi connectivity index (χ2n) is 7.53. The highest BCUT2D eigenvalue weighted by molar-refractivity contribution is 7.89. The SMILES string of the molecule is CC(C)N(C)S(=O)(=O)c1ccc(NC(=O)c2cccc(S(=O)(=O)NCc3ccco3)c2)cc1. The molecule has 2 N–H and O–H groups in total. The van der Waals surface area contributed by atoms with Crippen molar-refractivity contribution < 1.29 is 26.0 Å². The first-order chi connectivity index (χ1) is 15.5. The van der Waals surface area contributed by atoms with Crippen LogP contribution >= 0.6 is 0 Å². The summed E-state index contributed by atoms with van der Waals surface area (Å²) < 4.78 is 59.0. The second-order valence-corrected chi connectivity index (χ2v) is 11.3. The van der Waals surface area contributed by atoms with Gasteiger partial charge >= 0.3 is 0 Å². The van der Waals surface area contributed by atoms with Crippen LogP contribution in [-0.2, 0) is 26.6 Å². The zero-order valence-corrected chi connectivity index (χ0v) is 20.0. The van der Waals surface area contributed by atoms with Crippen molar-refractivity contribution in [2.75, 3.05) is 12.4 Å². The molecular formula is C22H25N3O6S2. The van der Waals surface area contributed by atoms with Crippen molar-refractivity contribution >= 4 is 31.6 Å². The van der Waals surface area contributed by atoms with Gasteiger partial charge in [-0.15, -0.1) is 0 Å². The van der Waals surface area contributed by atoms with Crippen molar-refractivity contribution in [1.29, 1.82) is 0 Å². The average Bonchev–Trinajstić information content (AvgIpc) is 3.31. The van der Waals surface area contributed by atoms with Gasteiger partial charge in [-0.3, -0.25) is 4.79 Å². The van der Waals surface area contributed by atoms with E-state index in [-0.39, 0.29) is 27.9 Å². The highest BCUT2D eigenvalue weighted by Gasteiger charge is 2.23. The molecule has 3 aromatic rings. The fourth-order valence-corrected chi connectivity index (χ4v) is 5.23. The van der Waals surface area contributed by atoms with Crippen LogP contribution in [0.4, 0.5) is 5.69 Å². The second kappa shape index (κ2) is 9.87. The summed E-state index contributed by atoms with van der Waals surface area (Å²) >= 11 is 0. The summed E-state index contributed by atoms with van der Waals surface area (Å²) in [6.45, 7) is 3.52. The Kier molecular flexibility index (Phi) is 7.38. The number of sulfonamides is 2. The van der Waals surface area contributed by atoms with Crippen molar-refractivity contribution in [3.8, 4) is 0 Å². The molecule has 9 nitrogen and oxygen atoms in total. The molecule has 1 aromatic heterocycles. The Bertz CT molecular complexity index is 1320. The summed E-state index contributed by atoms with van der Waals surface area (Å²) in [5, 5.41) is 2.64. The van der Waals surface area contributed by atoms with Crippen LogP contribution in [0.3, 0.4) is 0 Å². The van der Waals surface area contributed by atoms with Crippen LogP contribution in [0.2, 0.25) is 0 Å². The summed E-state index contributed by atoms with van der Waals surface area (Å²) in [5.41, 5.74) is 0.502. The molecule has 0 saturated carbocycles. The molecule has 11 heteroatoms. The zero-order chi connectivity index (χ0) is 24.2. The summed E-state index contributed by atoms with van der Waals surface area (Å²) in [7, 11) is -6.00. The average molecular weight is 492 g/mol. The number of hydrogen-bond acceptors (Lipinski definition) is 6. The highest BCUT2D eigenvalue weighted by Crippen LogP contribution is 2.20. The van der Waals surface area contributed by atoms with Gasteiger partial charge < -0.3 is 9.73 Å². The van der Waals surface area contributed by atoms with Gasteiger partial charge in [-0.05, 0) is 68.4 Å². The summed E-state index contributed by atoms with van der Waals surface area (Å²) in [5.74, 6) is -0.0782. The summed E-state index contributed by atoms with van der Waals surface area (Å²) in [6, 6.07) is 14.4. The van der Waals surface area contributed by atoms with Gasteiger partial charge in [0, 0.05) is 24.3 Å². The quantitative estimate of drug-likeness (QED) is 0.474. The largest absolute Gasteiger partial charge is 0.468 e. The first kappa shape index (κ1) is 24.6. The lowest BCUT2D eigenvalue weighted by Gasteiger charge is -2.21. The van der Waals surface area contributed by atoms with E-state index in [2.05, 4.69) is 10.0 Å². The molecule has 0 aliphatic carbocycles. The van der Waals surface area contributed by atoms with E-state index < -0.39 is 26.0 Å². The van der Waals surface area contributed by atoms with Crippen LogP contribution in [0, 0.1) is 0 Å². The molecule has 0 atom stereocenters. The maximum absolute atomic E-state index is 12.6. The number of nitrogens with zero attached hydrogens (tertiary/aromatic N) is 1. The molecule has 3 rings (SSSR count). The minimum Gasteiger partial charge on any atom is -0.468 e. The number of hydrogen-bond donors (Lipinski definition) is 2. The standard InChI is InChI=1S/C22H25N3O6S2/c1-16(2)25(3)33(29,30)20-11-9-18(10-12-20)24-22(26)17-6-4-8-21(14-17)32(27,28)23-15-19-7-5-13-31-19/h4-14,16,23H,15H2,1-3H3,(H,24,26). The van der Waals surface area contributed by atoms with E-state index in [4.69, 9.17) is 4.42 Å². The topological polar surface area (TPSA) is 126 Å². The number of rotatable bonds is 9. The van der Waals surface area contributed by atoms with Gasteiger partial charge in [0.25, 0.3) is 5.91 Å². The lowest BCUT2D eigenvalue weighted by molar-refractivity contribution is 0.102. The van der Waals surface area contributed by atoms with E-state index in [1.807, 2.05) is 0 Å². The fraction of sp³-hybridized carbons (Fsp3) is 0.227. The number of furan rings is 1. The number of nitrogens with one attached hydrogen (secondary N) is 2. The number of benzene rings is 2. The predicted molar refractivity (Wildman–Crippen MR) is 124 cm³/mol. The molecule has 0 unspecified atom stereocenters. The summed E-state index contributed by atoms with van der Waals surface area (Å²) in [4.78, 5) is 12.7. The molecule has 33 heavy (non-hydrogen) atoms. The van der Waals surface area contributed by atoms with Crippen LogP contribution in [0.15, 0.2) is 81.1 Å². The molecule has 0 spiro atoms. The number of amides is 1. The molecule has 2 aromatic carbocycles. The Morgan fingerprint density at radius 3 is 2.27 bits per heavy atom. The molecule has 0 aliphatic rings. The van der Waals surface area contributed by atoms with E-state index in [1.54, 1.807) is 26.0 Å². The number of carbonyl (C=O) groups is 1. The van der Waals surface area contributed by atoms with Crippen molar-refractivity contribution in [3.05, 3.63) is 78.3 Å². The van der Waals surface area contributed by atoms with Gasteiger partial charge in [-0.25, -0.2) is 21.6 Å². The van der Waals surface area contributed by atoms with Crippen LogP contribution < -0.4 is 10.0 Å². The third-order valence-electron chi connectivity index (χ3n) is 4.94. The smallest absolute Gasteiger partial charge is 0.255 e. The lowest BCUT2D eigenvalue weighted by atomic mass is 10.2. The van der Waals surface area contributed by atoms with E-state index in [9.17, 15) is 21.6 Å². The normalized spacial score (nSPS) is 12.3. The lowest BCUT2D eigenvalue weighted by Crippen LogP contribution is -2.33. The zero-order valence-electron chi connectivity index (χ0n) is 18.3. The number of anilines is 1. The molecule has 176 valence electrons. The molecule has 0 fully saturated rings. The first-order valence-corrected chi connectivity index (χ1v) is 12.9. The van der Waals surface area contributed by atoms with Crippen LogP contribution in [0.1, 0.15) is 30.0 Å². The minimum atomic E-state index is -3.86. The third kappa shape index (κ3) is 5.88. The monoisotopic (exact) mass is 491 g/mol. The van der Waals surface area contributed by atoms with Gasteiger partial charge in [0.15, 0.2) is 0 Å². The van der Waals surface area contributed by atoms with E-state index in [0.717, 1.165) is 0 Å². The maximum Gasteiger partial charge on any atom is 0.255 e. The third-order valence-corrected chi connectivity index (χ3v) is 8.39. The highest BCUT2D eigenvalue weighted by atomic mass is 32.2. The first-order valence-electron chi connectivity index (χ1n) is 10.0. The van der Waals surface area contributed by atoms with Crippen LogP contribution in [0.25, 0.3) is 0 Å². The Morgan fingerprint density at radius 1 is 0.970 bits per heavy atom. The Balaban J connectivity index is 1.72. The van der Waals surface area contributed by atoms with E-state index in [1.165, 1.54) is 66.1 Å². The van der Waals surface area contributed by atoms with Crippen molar-refractivity contribution in [3.63, 3.8) is 0 Å². The van der Waals surface area contributed by atoms with Gasteiger partial charge in [0.2, 0.25) is 20.0 Å². The Morgan fingerprint density at radius 2 is 1.67 bits per heavy atom. The van der Waals surface area contributed by atoms with E-state index in [0.29, 0.717) is 11.4 Å². The molecule has 0 bridgehead atoms. The van der Waals surface area contributed by atoms with Gasteiger partial charge in [0.05, 0.1) is 22.6 Å². The van der Waals surface area contributed by atoms with Crippen molar-refractivity contribution in [1.82, 2.24) is 9.03 Å². The summed E-state index contributed by atoms with van der Waals surface area (Å²) in [6.07, 6.45) is 1.44. The van der Waals surface area contributed by atoms with Gasteiger partial charge in [-0.2, -0.15) is 4.31 Å². The predicted octanol–water partition coefficient (Wildman–Crippen LogP) is 3.04. The molecule has 0 aliphatic heterocycles. The Hall–Kier alpha value is -2.99. The van der Waals surface area contributed by atoms with Gasteiger partial charge in [0.1, 0.15) is 5.76 Å². The van der Waals surface area contributed by atoms with Crippen LogP contribution in [-0.4, -0.2) is 40.1 Å². The Labute approximate surface area is 193 Å².